The van der Waals surface area contributed by atoms with Gasteiger partial charge in [-0.15, -0.1) is 0 Å². The lowest BCUT2D eigenvalue weighted by Gasteiger charge is -2.44. The average molecular weight is 860 g/mol. The molecule has 0 radical (unpaired) electrons. The second-order valence-corrected chi connectivity index (χ2v) is 20.0. The van der Waals surface area contributed by atoms with Crippen LogP contribution in [0.25, 0.3) is 0 Å². The zero-order chi connectivity index (χ0) is 45.1. The number of nitrogens with two attached hydrogens (primary N) is 1. The number of ether oxygens (including phenoxy) is 2. The molecule has 2 aliphatic carbocycles. The summed E-state index contributed by atoms with van der Waals surface area (Å²) in [4.78, 5) is 56.4. The Labute approximate surface area is 371 Å². The summed E-state index contributed by atoms with van der Waals surface area (Å²) in [6, 6.07) is 21.0. The SMILES string of the molecule is CC(C)(C)OC(=O)C[C@@H](CCCC1CCCCC1)C(=O)O.CC(C)(C)OC(=O)C[C@@H](CCCC1CCCCC1)C(=O)O/N=C(\N)C1CN(C(c2ccccc2)c2ccccc2)C1. The number of hydrogen-bond acceptors (Lipinski definition) is 9. The van der Waals surface area contributed by atoms with Crippen LogP contribution < -0.4 is 5.73 Å². The number of hydrogen-bond donors (Lipinski definition) is 2. The Morgan fingerprint density at radius 1 is 0.677 bits per heavy atom. The minimum Gasteiger partial charge on any atom is -0.481 e. The third kappa shape index (κ3) is 18.6. The number of benzene rings is 2. The van der Waals surface area contributed by atoms with Crippen molar-refractivity contribution in [3.8, 4) is 0 Å². The van der Waals surface area contributed by atoms with Crippen molar-refractivity contribution in [1.82, 2.24) is 4.90 Å². The summed E-state index contributed by atoms with van der Waals surface area (Å²) in [5.41, 5.74) is 7.58. The van der Waals surface area contributed by atoms with Crippen molar-refractivity contribution in [2.45, 2.75) is 174 Å². The molecule has 2 aromatic rings. The normalized spacial score (nSPS) is 18.1. The van der Waals surface area contributed by atoms with E-state index in [-0.39, 0.29) is 24.8 Å². The second kappa shape index (κ2) is 25.1. The summed E-state index contributed by atoms with van der Waals surface area (Å²) in [6.45, 7) is 12.3. The van der Waals surface area contributed by atoms with Crippen LogP contribution in [0.1, 0.15) is 174 Å². The molecule has 2 aromatic carbocycles. The van der Waals surface area contributed by atoms with Gasteiger partial charge in [-0.1, -0.05) is 156 Å². The van der Waals surface area contributed by atoms with Crippen LogP contribution in [-0.2, 0) is 33.5 Å². The van der Waals surface area contributed by atoms with Crippen LogP contribution in [-0.4, -0.2) is 64.0 Å². The van der Waals surface area contributed by atoms with Gasteiger partial charge in [-0.25, -0.2) is 4.79 Å². The topological polar surface area (TPSA) is 158 Å². The van der Waals surface area contributed by atoms with Gasteiger partial charge in [-0.3, -0.25) is 19.3 Å². The molecule has 0 aromatic heterocycles. The molecule has 5 rings (SSSR count). The largest absolute Gasteiger partial charge is 0.481 e. The molecule has 1 aliphatic heterocycles. The number of carbonyl (C=O) groups is 4. The van der Waals surface area contributed by atoms with E-state index in [0.717, 1.165) is 31.6 Å². The number of carbonyl (C=O) groups excluding carboxylic acids is 3. The lowest BCUT2D eigenvalue weighted by molar-refractivity contribution is -0.162. The number of amidine groups is 1. The maximum Gasteiger partial charge on any atom is 0.338 e. The number of aliphatic carboxylic acids is 1. The molecular weight excluding hydrogens is 783 g/mol. The van der Waals surface area contributed by atoms with Crippen LogP contribution in [0.5, 0.6) is 0 Å². The predicted molar refractivity (Wildman–Crippen MR) is 244 cm³/mol. The Morgan fingerprint density at radius 3 is 1.52 bits per heavy atom. The second-order valence-electron chi connectivity index (χ2n) is 20.0. The highest BCUT2D eigenvalue weighted by Crippen LogP contribution is 2.35. The van der Waals surface area contributed by atoms with Crippen LogP contribution in [0.15, 0.2) is 65.8 Å². The number of carboxylic acids is 1. The van der Waals surface area contributed by atoms with Crippen LogP contribution in [0.4, 0.5) is 0 Å². The summed E-state index contributed by atoms with van der Waals surface area (Å²) in [6.07, 6.45) is 18.0. The lowest BCUT2D eigenvalue weighted by Crippen LogP contribution is -2.54. The molecule has 62 heavy (non-hydrogen) atoms. The quantitative estimate of drug-likeness (QED) is 0.0458. The first kappa shape index (κ1) is 50.4. The number of likely N-dealkylation sites (tertiary alicyclic amines) is 1. The van der Waals surface area contributed by atoms with Gasteiger partial charge in [0, 0.05) is 19.0 Å². The Bertz CT molecular complexity index is 1650. The zero-order valence-electron chi connectivity index (χ0n) is 38.7. The minimum absolute atomic E-state index is 0.00617. The van der Waals surface area contributed by atoms with Gasteiger partial charge in [0.25, 0.3) is 0 Å². The van der Waals surface area contributed by atoms with Gasteiger partial charge in [0.15, 0.2) is 0 Å². The fourth-order valence-electron chi connectivity index (χ4n) is 9.08. The van der Waals surface area contributed by atoms with Crippen molar-refractivity contribution in [1.29, 1.82) is 0 Å². The number of rotatable bonds is 19. The molecule has 0 spiro atoms. The summed E-state index contributed by atoms with van der Waals surface area (Å²) < 4.78 is 10.7. The third-order valence-corrected chi connectivity index (χ3v) is 12.3. The molecular formula is C51H77N3O8. The van der Waals surface area contributed by atoms with Crippen LogP contribution >= 0.6 is 0 Å². The van der Waals surface area contributed by atoms with E-state index in [1.165, 1.54) is 75.3 Å². The van der Waals surface area contributed by atoms with Gasteiger partial charge < -0.3 is 25.2 Å². The van der Waals surface area contributed by atoms with Gasteiger partial charge in [-0.2, -0.15) is 0 Å². The number of carboxylic acid groups (broad SMARTS) is 1. The lowest BCUT2D eigenvalue weighted by atomic mass is 9.84. The van der Waals surface area contributed by atoms with E-state index < -0.39 is 46.9 Å². The van der Waals surface area contributed by atoms with Gasteiger partial charge in [0.2, 0.25) is 0 Å². The summed E-state index contributed by atoms with van der Waals surface area (Å²) in [5.74, 6) is -1.62. The van der Waals surface area contributed by atoms with Crippen LogP contribution in [0, 0.1) is 29.6 Å². The molecule has 11 heteroatoms. The molecule has 0 amide bonds. The molecule has 11 nitrogen and oxygen atoms in total. The monoisotopic (exact) mass is 860 g/mol. The molecule has 2 saturated carbocycles. The molecule has 2 atom stereocenters. The van der Waals surface area contributed by atoms with E-state index in [2.05, 4.69) is 58.6 Å². The highest BCUT2D eigenvalue weighted by molar-refractivity contribution is 5.85. The first-order valence-electron chi connectivity index (χ1n) is 23.5. The van der Waals surface area contributed by atoms with Crippen molar-refractivity contribution >= 4 is 29.7 Å². The van der Waals surface area contributed by atoms with E-state index in [9.17, 15) is 24.3 Å². The van der Waals surface area contributed by atoms with Crippen molar-refractivity contribution < 1.29 is 38.6 Å². The van der Waals surface area contributed by atoms with Crippen molar-refractivity contribution in [3.05, 3.63) is 71.8 Å². The molecule has 3 aliphatic rings. The first-order chi connectivity index (χ1) is 29.5. The summed E-state index contributed by atoms with van der Waals surface area (Å²) in [5, 5.41) is 13.3. The van der Waals surface area contributed by atoms with E-state index in [4.69, 9.17) is 20.0 Å². The van der Waals surface area contributed by atoms with Crippen LogP contribution in [0.3, 0.4) is 0 Å². The van der Waals surface area contributed by atoms with E-state index in [1.54, 1.807) is 20.8 Å². The number of oxime groups is 1. The van der Waals surface area contributed by atoms with Crippen LogP contribution in [0.2, 0.25) is 0 Å². The van der Waals surface area contributed by atoms with E-state index >= 15 is 0 Å². The summed E-state index contributed by atoms with van der Waals surface area (Å²) >= 11 is 0. The van der Waals surface area contributed by atoms with E-state index in [0.29, 0.717) is 37.7 Å². The Balaban J connectivity index is 0.000000339. The Morgan fingerprint density at radius 2 is 1.10 bits per heavy atom. The smallest absolute Gasteiger partial charge is 0.338 e. The van der Waals surface area contributed by atoms with Crippen molar-refractivity contribution in [2.75, 3.05) is 13.1 Å². The average Bonchev–Trinajstić information content (AvgIpc) is 3.20. The molecule has 1 saturated heterocycles. The maximum atomic E-state index is 13.1. The standard InChI is InChI=1S/C34H47N3O4.C17H30O4/c1-34(2,3)40-30(38)22-28(21-13-16-25-14-7-4-8-15-25)33(39)41-36-32(35)29-23-37(24-29)31(26-17-9-5-10-18-26)27-19-11-6-12-20-27;1-17(2,3)21-15(18)12-14(16(19)20)11-7-10-13-8-5-4-6-9-13/h5-6,9-12,17-20,25,28-29,31H,4,7-8,13-16,21-24H2,1-3H3,(H2,35,36);13-14H,4-12H2,1-3H3,(H,19,20)/t28-;14-/m11/s1. The number of nitrogens with zero attached hydrogens (tertiary/aromatic N) is 2. The third-order valence-electron chi connectivity index (χ3n) is 12.3. The maximum absolute atomic E-state index is 13.1. The molecule has 3 N–H and O–H groups in total. The fourth-order valence-corrected chi connectivity index (χ4v) is 9.08. The molecule has 344 valence electrons. The van der Waals surface area contributed by atoms with Crippen molar-refractivity contribution in [2.24, 2.45) is 40.5 Å². The Hall–Kier alpha value is -4.25. The first-order valence-corrected chi connectivity index (χ1v) is 23.5. The minimum atomic E-state index is -0.885. The highest BCUT2D eigenvalue weighted by atomic mass is 16.7. The zero-order valence-corrected chi connectivity index (χ0v) is 38.7. The van der Waals surface area contributed by atoms with Gasteiger partial charge in [0.05, 0.1) is 30.7 Å². The van der Waals surface area contributed by atoms with E-state index in [1.807, 2.05) is 32.9 Å². The molecule has 3 fully saturated rings. The predicted octanol–water partition coefficient (Wildman–Crippen LogP) is 10.8. The molecule has 0 bridgehead atoms. The molecule has 0 unspecified atom stereocenters. The molecule has 1 heterocycles. The van der Waals surface area contributed by atoms with Crippen molar-refractivity contribution in [3.63, 3.8) is 0 Å². The Kier molecular flexibility index (Phi) is 20.4. The van der Waals surface area contributed by atoms with Gasteiger partial charge >= 0.3 is 23.9 Å². The number of esters is 2. The summed E-state index contributed by atoms with van der Waals surface area (Å²) in [7, 11) is 0. The van der Waals surface area contributed by atoms with Gasteiger partial charge in [0.1, 0.15) is 17.0 Å². The fraction of sp³-hybridized carbons (Fsp3) is 0.667. The highest BCUT2D eigenvalue weighted by Gasteiger charge is 2.37. The van der Waals surface area contributed by atoms with Gasteiger partial charge in [-0.05, 0) is 77.3 Å².